The number of hydrogen-bond acceptors (Lipinski definition) is 6. The Bertz CT molecular complexity index is 1260. The first-order valence-corrected chi connectivity index (χ1v) is 8.75. The quantitative estimate of drug-likeness (QED) is 0.541. The number of imidazole rings is 1. The molecule has 140 valence electrons. The van der Waals surface area contributed by atoms with Crippen molar-refractivity contribution in [1.29, 1.82) is 0 Å². The number of nitrogens with zero attached hydrogens (tertiary/aromatic N) is 3. The fourth-order valence-electron chi connectivity index (χ4n) is 3.45. The van der Waals surface area contributed by atoms with Gasteiger partial charge in [0, 0.05) is 22.9 Å². The van der Waals surface area contributed by atoms with Crippen LogP contribution in [0, 0.1) is 24.0 Å². The Hall–Kier alpha value is -3.81. The molecule has 28 heavy (non-hydrogen) atoms. The van der Waals surface area contributed by atoms with Gasteiger partial charge < -0.3 is 9.47 Å². The highest BCUT2D eigenvalue weighted by atomic mass is 16.7. The standard InChI is InChI=1S/C20H16N4O4/c1-11-12(2)23-19(21-11)8-14-7-17-18(28-10-27-17)9-16(14)20(22-23)13-3-5-15(6-4-13)24(25)26/h3-9,22H,10H2,1-2H3. The molecule has 0 spiro atoms. The number of aryl methyl sites for hydroxylation is 1. The molecule has 2 aliphatic rings. The number of hydrogen-bond donors (Lipinski definition) is 1. The lowest BCUT2D eigenvalue weighted by atomic mass is 10.1. The molecule has 5 rings (SSSR count). The summed E-state index contributed by atoms with van der Waals surface area (Å²) in [6.07, 6.45) is 1.99. The van der Waals surface area contributed by atoms with Gasteiger partial charge in [-0.15, -0.1) is 0 Å². The highest BCUT2D eigenvalue weighted by Gasteiger charge is 2.20. The molecule has 3 aromatic rings. The molecular weight excluding hydrogens is 360 g/mol. The fourth-order valence-corrected chi connectivity index (χ4v) is 3.45. The van der Waals surface area contributed by atoms with Crippen molar-refractivity contribution in [2.75, 3.05) is 12.2 Å². The first-order valence-electron chi connectivity index (χ1n) is 8.75. The smallest absolute Gasteiger partial charge is 0.269 e. The molecule has 8 heteroatoms. The van der Waals surface area contributed by atoms with Crippen LogP contribution >= 0.6 is 0 Å². The SMILES string of the molecule is Cc1nc2n(c1C)NC(c1ccc([N+](=O)[O-])cc1)=c1cc3c(cc1=C2)OCO3. The van der Waals surface area contributed by atoms with E-state index in [4.69, 9.17) is 9.47 Å². The molecule has 0 aliphatic carbocycles. The van der Waals surface area contributed by atoms with E-state index in [0.29, 0.717) is 11.5 Å². The molecule has 3 heterocycles. The normalized spacial score (nSPS) is 13.9. The number of rotatable bonds is 2. The number of nitrogens with one attached hydrogen (secondary N) is 1. The largest absolute Gasteiger partial charge is 0.454 e. The Morgan fingerprint density at radius 3 is 2.57 bits per heavy atom. The zero-order valence-electron chi connectivity index (χ0n) is 15.2. The van der Waals surface area contributed by atoms with Gasteiger partial charge in [-0.1, -0.05) is 0 Å². The summed E-state index contributed by atoms with van der Waals surface area (Å²) in [5.74, 6) is 2.12. The van der Waals surface area contributed by atoms with Crippen LogP contribution in [0.1, 0.15) is 22.8 Å². The lowest BCUT2D eigenvalue weighted by Gasteiger charge is -2.14. The number of benzene rings is 2. The van der Waals surface area contributed by atoms with Crippen molar-refractivity contribution in [1.82, 2.24) is 9.66 Å². The maximum atomic E-state index is 11.0. The first kappa shape index (κ1) is 16.4. The number of aromatic nitrogens is 2. The molecule has 2 aromatic carbocycles. The average molecular weight is 376 g/mol. The first-order chi connectivity index (χ1) is 13.5. The van der Waals surface area contributed by atoms with Gasteiger partial charge >= 0.3 is 0 Å². The Balaban J connectivity index is 1.81. The maximum absolute atomic E-state index is 11.0. The minimum Gasteiger partial charge on any atom is -0.454 e. The van der Waals surface area contributed by atoms with Gasteiger partial charge in [0.25, 0.3) is 5.69 Å². The molecule has 0 fully saturated rings. The van der Waals surface area contributed by atoms with Crippen LogP contribution in [-0.2, 0) is 0 Å². The van der Waals surface area contributed by atoms with E-state index in [2.05, 4.69) is 10.4 Å². The molecule has 0 radical (unpaired) electrons. The summed E-state index contributed by atoms with van der Waals surface area (Å²) in [5.41, 5.74) is 7.01. The summed E-state index contributed by atoms with van der Waals surface area (Å²) in [7, 11) is 0. The number of nitro benzene ring substituents is 1. The Kier molecular flexibility index (Phi) is 3.42. The zero-order valence-corrected chi connectivity index (χ0v) is 15.2. The molecule has 0 amide bonds. The topological polar surface area (TPSA) is 91.5 Å². The predicted molar refractivity (Wildman–Crippen MR) is 102 cm³/mol. The number of fused-ring (bicyclic) bond motifs is 3. The molecule has 1 aromatic heterocycles. The fraction of sp³-hybridized carbons (Fsp3) is 0.150. The van der Waals surface area contributed by atoms with Crippen LogP contribution in [0.15, 0.2) is 36.4 Å². The van der Waals surface area contributed by atoms with Crippen LogP contribution < -0.4 is 25.3 Å². The van der Waals surface area contributed by atoms with Gasteiger partial charge in [-0.25, -0.2) is 9.66 Å². The molecule has 0 saturated carbocycles. The Labute approximate surface area is 159 Å². The summed E-state index contributed by atoms with van der Waals surface area (Å²) in [5, 5.41) is 12.8. The van der Waals surface area contributed by atoms with E-state index in [9.17, 15) is 10.1 Å². The lowest BCUT2D eigenvalue weighted by Crippen LogP contribution is -2.30. The van der Waals surface area contributed by atoms with Crippen molar-refractivity contribution in [2.45, 2.75) is 13.8 Å². The van der Waals surface area contributed by atoms with Crippen LogP contribution in [0.4, 0.5) is 5.69 Å². The van der Waals surface area contributed by atoms with E-state index < -0.39 is 4.92 Å². The third kappa shape index (κ3) is 2.42. The van der Waals surface area contributed by atoms with Crippen LogP contribution in [0.5, 0.6) is 11.5 Å². The number of nitro groups is 1. The molecule has 8 nitrogen and oxygen atoms in total. The summed E-state index contributed by atoms with van der Waals surface area (Å²) in [6.45, 7) is 4.13. The molecule has 0 unspecified atom stereocenters. The highest BCUT2D eigenvalue weighted by molar-refractivity contribution is 5.73. The van der Waals surface area contributed by atoms with Crippen LogP contribution in [0.2, 0.25) is 0 Å². The highest BCUT2D eigenvalue weighted by Crippen LogP contribution is 2.29. The van der Waals surface area contributed by atoms with Gasteiger partial charge in [0.15, 0.2) is 17.3 Å². The third-order valence-corrected chi connectivity index (χ3v) is 5.06. The Morgan fingerprint density at radius 1 is 1.14 bits per heavy atom. The predicted octanol–water partition coefficient (Wildman–Crippen LogP) is 1.68. The summed E-state index contributed by atoms with van der Waals surface area (Å²) in [4.78, 5) is 15.2. The van der Waals surface area contributed by atoms with E-state index in [1.54, 1.807) is 12.1 Å². The summed E-state index contributed by atoms with van der Waals surface area (Å²) >= 11 is 0. The summed E-state index contributed by atoms with van der Waals surface area (Å²) in [6, 6.07) is 10.3. The maximum Gasteiger partial charge on any atom is 0.269 e. The average Bonchev–Trinajstić information content (AvgIpc) is 3.19. The summed E-state index contributed by atoms with van der Waals surface area (Å²) < 4.78 is 13.0. The van der Waals surface area contributed by atoms with Gasteiger partial charge in [-0.2, -0.15) is 0 Å². The molecule has 0 atom stereocenters. The number of non-ortho nitro benzene ring substituents is 1. The van der Waals surface area contributed by atoms with Crippen molar-refractivity contribution in [3.8, 4) is 11.5 Å². The Morgan fingerprint density at radius 2 is 1.86 bits per heavy atom. The number of ether oxygens (including phenoxy) is 2. The molecule has 1 N–H and O–H groups in total. The molecule has 2 aliphatic heterocycles. The van der Waals surface area contributed by atoms with E-state index in [1.165, 1.54) is 12.1 Å². The monoisotopic (exact) mass is 376 g/mol. The zero-order chi connectivity index (χ0) is 19.4. The molecule has 0 bridgehead atoms. The second-order valence-electron chi connectivity index (χ2n) is 6.70. The van der Waals surface area contributed by atoms with E-state index in [-0.39, 0.29) is 12.5 Å². The van der Waals surface area contributed by atoms with Crippen molar-refractivity contribution < 1.29 is 14.4 Å². The van der Waals surface area contributed by atoms with E-state index in [1.807, 2.05) is 36.7 Å². The third-order valence-electron chi connectivity index (χ3n) is 5.06. The van der Waals surface area contributed by atoms with Crippen LogP contribution in [0.3, 0.4) is 0 Å². The molecular formula is C20H16N4O4. The van der Waals surface area contributed by atoms with Crippen molar-refractivity contribution >= 4 is 17.5 Å². The second kappa shape index (κ2) is 5.85. The van der Waals surface area contributed by atoms with Gasteiger partial charge in [-0.05, 0) is 49.4 Å². The minimum absolute atomic E-state index is 0.0470. The van der Waals surface area contributed by atoms with Gasteiger partial charge in [0.2, 0.25) is 6.79 Å². The minimum atomic E-state index is -0.407. The van der Waals surface area contributed by atoms with E-state index >= 15 is 0 Å². The van der Waals surface area contributed by atoms with Crippen molar-refractivity contribution in [3.63, 3.8) is 0 Å². The second-order valence-corrected chi connectivity index (χ2v) is 6.70. The van der Waals surface area contributed by atoms with Crippen molar-refractivity contribution in [2.24, 2.45) is 0 Å². The van der Waals surface area contributed by atoms with Gasteiger partial charge in [-0.3, -0.25) is 15.5 Å². The lowest BCUT2D eigenvalue weighted by molar-refractivity contribution is -0.384. The van der Waals surface area contributed by atoms with E-state index in [0.717, 1.165) is 38.9 Å². The van der Waals surface area contributed by atoms with Gasteiger partial charge in [0.05, 0.1) is 22.0 Å². The van der Waals surface area contributed by atoms with Gasteiger partial charge in [0.1, 0.15) is 0 Å². The van der Waals surface area contributed by atoms with Crippen LogP contribution in [-0.4, -0.2) is 21.4 Å². The van der Waals surface area contributed by atoms with Crippen molar-refractivity contribution in [3.05, 3.63) is 79.7 Å². The van der Waals surface area contributed by atoms with Crippen LogP contribution in [0.25, 0.3) is 11.8 Å². The molecule has 0 saturated heterocycles.